The zero-order chi connectivity index (χ0) is 19.3. The van der Waals surface area contributed by atoms with E-state index in [9.17, 15) is 9.90 Å². The number of carbonyl (C=O) groups excluding carboxylic acids is 1. The van der Waals surface area contributed by atoms with Gasteiger partial charge in [-0.3, -0.25) is 4.79 Å². The number of rotatable bonds is 15. The molecule has 2 unspecified atom stereocenters. The van der Waals surface area contributed by atoms with Gasteiger partial charge in [-0.1, -0.05) is 91.2 Å². The number of aliphatic hydroxyl groups excluding tert-OH is 1. The predicted molar refractivity (Wildman–Crippen MR) is 109 cm³/mol. The number of esters is 1. The average molecular weight is 377 g/mol. The van der Waals surface area contributed by atoms with E-state index >= 15 is 0 Å². The van der Waals surface area contributed by atoms with Gasteiger partial charge in [0.1, 0.15) is 18.1 Å². The Morgan fingerprint density at radius 3 is 2.00 bits per heavy atom. The van der Waals surface area contributed by atoms with Crippen LogP contribution in [0.4, 0.5) is 0 Å². The van der Waals surface area contributed by atoms with Crippen molar-refractivity contribution in [3.05, 3.63) is 12.2 Å². The topological polar surface area (TPSA) is 46.5 Å². The lowest BCUT2D eigenvalue weighted by atomic mass is 10.1. The number of carbonyl (C=O) groups is 1. The van der Waals surface area contributed by atoms with E-state index in [-0.39, 0.29) is 5.88 Å². The second-order valence-electron chi connectivity index (χ2n) is 6.11. The van der Waals surface area contributed by atoms with Crippen LogP contribution in [-0.4, -0.2) is 29.2 Å². The smallest absolute Gasteiger partial charge is 0.321 e. The van der Waals surface area contributed by atoms with E-state index in [1.165, 1.54) is 51.4 Å². The van der Waals surface area contributed by atoms with Gasteiger partial charge in [-0.2, -0.15) is 0 Å². The molecule has 0 amide bonds. The Balaban J connectivity index is 0. The maximum Gasteiger partial charge on any atom is 0.321 e. The van der Waals surface area contributed by atoms with Crippen molar-refractivity contribution >= 4 is 17.6 Å². The third-order valence-corrected chi connectivity index (χ3v) is 4.20. The first-order valence-electron chi connectivity index (χ1n) is 10.3. The van der Waals surface area contributed by atoms with Gasteiger partial charge >= 0.3 is 5.97 Å². The molecule has 0 aromatic rings. The number of ether oxygens (including phenoxy) is 1. The Hall–Kier alpha value is -0.540. The van der Waals surface area contributed by atoms with Gasteiger partial charge in [0.2, 0.25) is 0 Å². The molecule has 0 fully saturated rings. The molecule has 0 aliphatic rings. The second kappa shape index (κ2) is 21.5. The quantitative estimate of drug-likeness (QED) is 0.155. The Bertz CT molecular complexity index is 306. The molecule has 0 saturated carbocycles. The van der Waals surface area contributed by atoms with Gasteiger partial charge in [0, 0.05) is 0 Å². The van der Waals surface area contributed by atoms with E-state index in [1.807, 2.05) is 26.8 Å². The molecular formula is C21H41ClO3. The van der Waals surface area contributed by atoms with Crippen LogP contribution in [0.3, 0.4) is 0 Å². The number of unbranched alkanes of at least 4 members (excludes halogenated alkanes) is 9. The van der Waals surface area contributed by atoms with Gasteiger partial charge in [-0.25, -0.2) is 0 Å². The normalized spacial score (nSPS) is 13.2. The Kier molecular flexibility index (Phi) is 23.0. The third kappa shape index (κ3) is 18.1. The van der Waals surface area contributed by atoms with Crippen LogP contribution < -0.4 is 0 Å². The fourth-order valence-electron chi connectivity index (χ4n) is 2.53. The van der Waals surface area contributed by atoms with Gasteiger partial charge in [0.15, 0.2) is 0 Å². The zero-order valence-electron chi connectivity index (χ0n) is 16.9. The van der Waals surface area contributed by atoms with E-state index in [0.717, 1.165) is 12.8 Å². The van der Waals surface area contributed by atoms with Gasteiger partial charge in [0.25, 0.3) is 0 Å². The summed E-state index contributed by atoms with van der Waals surface area (Å²) in [6.07, 6.45) is 15.8. The fourth-order valence-corrected chi connectivity index (χ4v) is 2.59. The monoisotopic (exact) mass is 376 g/mol. The molecular weight excluding hydrogens is 336 g/mol. The number of allylic oxidation sites excluding steroid dienone is 1. The molecule has 4 heteroatoms. The molecule has 25 heavy (non-hydrogen) atoms. The summed E-state index contributed by atoms with van der Waals surface area (Å²) in [4.78, 5) is 11.2. The van der Waals surface area contributed by atoms with Crippen LogP contribution in [0.15, 0.2) is 12.2 Å². The molecule has 0 aliphatic heterocycles. The number of alkyl halides is 1. The first-order chi connectivity index (χ1) is 12.2. The van der Waals surface area contributed by atoms with Gasteiger partial charge in [-0.15, -0.1) is 11.6 Å². The van der Waals surface area contributed by atoms with Crippen molar-refractivity contribution in [3.63, 3.8) is 0 Å². The molecule has 150 valence electrons. The van der Waals surface area contributed by atoms with E-state index < -0.39 is 18.2 Å². The van der Waals surface area contributed by atoms with Crippen LogP contribution in [0, 0.1) is 0 Å². The average Bonchev–Trinajstić information content (AvgIpc) is 2.65. The van der Waals surface area contributed by atoms with Crippen LogP contribution in [0.25, 0.3) is 0 Å². The van der Waals surface area contributed by atoms with Crippen LogP contribution in [-0.2, 0) is 9.53 Å². The molecule has 0 aromatic carbocycles. The Labute approximate surface area is 161 Å². The fraction of sp³-hybridized carbons (Fsp3) is 0.857. The molecule has 0 aromatic heterocycles. The summed E-state index contributed by atoms with van der Waals surface area (Å²) in [7, 11) is 0. The Morgan fingerprint density at radius 1 is 1.00 bits per heavy atom. The second-order valence-corrected chi connectivity index (χ2v) is 6.37. The lowest BCUT2D eigenvalue weighted by Crippen LogP contribution is -2.29. The minimum atomic E-state index is -0.745. The van der Waals surface area contributed by atoms with E-state index in [4.69, 9.17) is 16.3 Å². The third-order valence-electron chi connectivity index (χ3n) is 3.98. The molecule has 2 atom stereocenters. The maximum absolute atomic E-state index is 11.2. The lowest BCUT2D eigenvalue weighted by molar-refractivity contribution is -0.150. The highest BCUT2D eigenvalue weighted by atomic mass is 35.5. The SMILES string of the molecule is CC.CCCCCCCCCCC/C=C/C(O)C(CC)OC(=O)CCl. The highest BCUT2D eigenvalue weighted by molar-refractivity contribution is 6.26. The van der Waals surface area contributed by atoms with Crippen molar-refractivity contribution in [1.29, 1.82) is 0 Å². The molecule has 0 spiro atoms. The van der Waals surface area contributed by atoms with Crippen LogP contribution in [0.2, 0.25) is 0 Å². The predicted octanol–water partition coefficient (Wildman–Crippen LogP) is 6.41. The molecule has 1 N–H and O–H groups in total. The summed E-state index contributed by atoms with van der Waals surface area (Å²) in [5, 5.41) is 9.99. The lowest BCUT2D eigenvalue weighted by Gasteiger charge is -2.18. The molecule has 0 heterocycles. The van der Waals surface area contributed by atoms with Crippen molar-refractivity contribution in [1.82, 2.24) is 0 Å². The van der Waals surface area contributed by atoms with E-state index in [1.54, 1.807) is 6.08 Å². The number of hydrogen-bond donors (Lipinski definition) is 1. The molecule has 3 nitrogen and oxygen atoms in total. The van der Waals surface area contributed by atoms with Crippen molar-refractivity contribution in [2.45, 2.75) is 111 Å². The molecule has 0 bridgehead atoms. The summed E-state index contributed by atoms with van der Waals surface area (Å²) in [5.74, 6) is -0.657. The van der Waals surface area contributed by atoms with Crippen molar-refractivity contribution in [2.24, 2.45) is 0 Å². The summed E-state index contributed by atoms with van der Waals surface area (Å²) in [6, 6.07) is 0. The van der Waals surface area contributed by atoms with Crippen LogP contribution >= 0.6 is 11.6 Å². The van der Waals surface area contributed by atoms with E-state index in [2.05, 4.69) is 6.92 Å². The summed E-state index contributed by atoms with van der Waals surface area (Å²) in [6.45, 7) is 8.12. The number of aliphatic hydroxyl groups is 1. The highest BCUT2D eigenvalue weighted by Crippen LogP contribution is 2.12. The van der Waals surface area contributed by atoms with Crippen LogP contribution in [0.5, 0.6) is 0 Å². The molecule has 0 rings (SSSR count). The van der Waals surface area contributed by atoms with Gasteiger partial charge in [0.05, 0.1) is 0 Å². The summed E-state index contributed by atoms with van der Waals surface area (Å²) >= 11 is 5.41. The first-order valence-corrected chi connectivity index (χ1v) is 10.8. The van der Waals surface area contributed by atoms with Crippen molar-refractivity contribution in [3.8, 4) is 0 Å². The van der Waals surface area contributed by atoms with Gasteiger partial charge in [-0.05, 0) is 19.3 Å². The summed E-state index contributed by atoms with van der Waals surface area (Å²) < 4.78 is 5.09. The minimum absolute atomic E-state index is 0.175. The minimum Gasteiger partial charge on any atom is -0.458 e. The maximum atomic E-state index is 11.2. The molecule has 0 aliphatic carbocycles. The molecule has 0 radical (unpaired) electrons. The van der Waals surface area contributed by atoms with Crippen LogP contribution in [0.1, 0.15) is 98.3 Å². The van der Waals surface area contributed by atoms with E-state index in [0.29, 0.717) is 6.42 Å². The molecule has 0 saturated heterocycles. The first kappa shape index (κ1) is 26.7. The number of hydrogen-bond acceptors (Lipinski definition) is 3. The van der Waals surface area contributed by atoms with Crippen molar-refractivity contribution in [2.75, 3.05) is 5.88 Å². The highest BCUT2D eigenvalue weighted by Gasteiger charge is 2.18. The van der Waals surface area contributed by atoms with Gasteiger partial charge < -0.3 is 9.84 Å². The van der Waals surface area contributed by atoms with Crippen molar-refractivity contribution < 1.29 is 14.6 Å². The Morgan fingerprint density at radius 2 is 1.52 bits per heavy atom. The zero-order valence-corrected chi connectivity index (χ0v) is 17.7. The largest absolute Gasteiger partial charge is 0.458 e. The number of halogens is 1. The standard InChI is InChI=1S/C19H35ClO3.C2H6/c1-3-5-6-7-8-9-10-11-12-13-14-15-17(21)18(4-2)23-19(22)16-20;1-2/h14-15,17-18,21H,3-13,16H2,1-2H3;1-2H3/b15-14+;. The summed E-state index contributed by atoms with van der Waals surface area (Å²) in [5.41, 5.74) is 0.